The molecule has 17 heavy (non-hydrogen) atoms. The highest BCUT2D eigenvalue weighted by molar-refractivity contribution is 5.10. The Labute approximate surface area is 101 Å². The Morgan fingerprint density at radius 2 is 2.24 bits per heavy atom. The third-order valence-electron chi connectivity index (χ3n) is 2.75. The van der Waals surface area contributed by atoms with Gasteiger partial charge < -0.3 is 9.88 Å². The zero-order chi connectivity index (χ0) is 12.3. The number of nitrogens with one attached hydrogen (secondary N) is 1. The lowest BCUT2D eigenvalue weighted by atomic mass is 10.3. The van der Waals surface area contributed by atoms with E-state index in [4.69, 9.17) is 0 Å². The minimum Gasteiger partial charge on any atom is -0.328 e. The van der Waals surface area contributed by atoms with Crippen LogP contribution in [0.1, 0.15) is 24.1 Å². The van der Waals surface area contributed by atoms with Crippen molar-refractivity contribution in [2.75, 3.05) is 7.05 Å². The maximum absolute atomic E-state index is 4.45. The van der Waals surface area contributed by atoms with Gasteiger partial charge in [-0.05, 0) is 27.0 Å². The summed E-state index contributed by atoms with van der Waals surface area (Å²) in [6, 6.07) is 2.13. The van der Waals surface area contributed by atoms with E-state index in [2.05, 4.69) is 33.0 Å². The predicted molar refractivity (Wildman–Crippen MR) is 66.7 cm³/mol. The average Bonchev–Trinajstić information content (AvgIpc) is 2.87. The summed E-state index contributed by atoms with van der Waals surface area (Å²) in [7, 11) is 1.93. The molecule has 0 bridgehead atoms. The highest BCUT2D eigenvalue weighted by atomic mass is 15.3. The number of imidazole rings is 1. The summed E-state index contributed by atoms with van der Waals surface area (Å²) in [6.07, 6.45) is 3.85. The summed E-state index contributed by atoms with van der Waals surface area (Å²) >= 11 is 0. The average molecular weight is 233 g/mol. The van der Waals surface area contributed by atoms with Crippen molar-refractivity contribution >= 4 is 0 Å². The van der Waals surface area contributed by atoms with Gasteiger partial charge in [0.1, 0.15) is 5.82 Å². The fraction of sp³-hybridized carbons (Fsp3) is 0.500. The molecule has 0 saturated heterocycles. The Balaban J connectivity index is 2.21. The van der Waals surface area contributed by atoms with E-state index in [-0.39, 0.29) is 0 Å². The molecule has 0 aromatic carbocycles. The molecule has 2 heterocycles. The van der Waals surface area contributed by atoms with Crippen LogP contribution in [-0.2, 0) is 19.6 Å². The molecule has 5 nitrogen and oxygen atoms in total. The largest absolute Gasteiger partial charge is 0.328 e. The van der Waals surface area contributed by atoms with Gasteiger partial charge >= 0.3 is 0 Å². The Kier molecular flexibility index (Phi) is 3.58. The summed E-state index contributed by atoms with van der Waals surface area (Å²) < 4.78 is 4.19. The Morgan fingerprint density at radius 1 is 1.41 bits per heavy atom. The highest BCUT2D eigenvalue weighted by Crippen LogP contribution is 2.08. The molecular formula is C12H19N5. The Bertz CT molecular complexity index is 483. The Hall–Kier alpha value is -1.62. The van der Waals surface area contributed by atoms with Crippen LogP contribution in [0.2, 0.25) is 0 Å². The van der Waals surface area contributed by atoms with Crippen molar-refractivity contribution in [3.05, 3.63) is 35.7 Å². The van der Waals surface area contributed by atoms with Gasteiger partial charge in [0.15, 0.2) is 0 Å². The molecule has 92 valence electrons. The lowest BCUT2D eigenvalue weighted by Crippen LogP contribution is -2.14. The van der Waals surface area contributed by atoms with Gasteiger partial charge in [0.25, 0.3) is 0 Å². The lowest BCUT2D eigenvalue weighted by molar-refractivity contribution is 0.582. The van der Waals surface area contributed by atoms with Crippen molar-refractivity contribution in [1.82, 2.24) is 24.6 Å². The first kappa shape index (κ1) is 11.9. The van der Waals surface area contributed by atoms with Crippen LogP contribution in [0.4, 0.5) is 0 Å². The van der Waals surface area contributed by atoms with E-state index in [0.717, 1.165) is 31.2 Å². The summed E-state index contributed by atoms with van der Waals surface area (Å²) in [5, 5.41) is 7.58. The van der Waals surface area contributed by atoms with Gasteiger partial charge in [0.2, 0.25) is 0 Å². The second-order valence-corrected chi connectivity index (χ2v) is 4.09. The number of hydrogen-bond donors (Lipinski definition) is 1. The Morgan fingerprint density at radius 3 is 2.94 bits per heavy atom. The smallest absolute Gasteiger partial charge is 0.122 e. The third-order valence-corrected chi connectivity index (χ3v) is 2.75. The zero-order valence-electron chi connectivity index (χ0n) is 10.6. The van der Waals surface area contributed by atoms with E-state index in [1.54, 1.807) is 0 Å². The molecule has 2 aromatic rings. The van der Waals surface area contributed by atoms with Crippen LogP contribution < -0.4 is 5.32 Å². The maximum atomic E-state index is 4.45. The van der Waals surface area contributed by atoms with Crippen LogP contribution in [0, 0.1) is 6.92 Å². The fourth-order valence-electron chi connectivity index (χ4n) is 1.98. The van der Waals surface area contributed by atoms with Gasteiger partial charge in [-0.1, -0.05) is 0 Å². The molecule has 0 aliphatic rings. The van der Waals surface area contributed by atoms with Crippen LogP contribution >= 0.6 is 0 Å². The first-order valence-electron chi connectivity index (χ1n) is 5.92. The van der Waals surface area contributed by atoms with Crippen LogP contribution in [0.3, 0.4) is 0 Å². The molecule has 1 N–H and O–H groups in total. The fourth-order valence-corrected chi connectivity index (χ4v) is 1.98. The standard InChI is InChI=1S/C12H19N5/c1-4-17-11(7-10(2)15-17)9-16-6-5-14-12(16)8-13-3/h5-7,13H,4,8-9H2,1-3H3. The second-order valence-electron chi connectivity index (χ2n) is 4.09. The van der Waals surface area contributed by atoms with Crippen LogP contribution in [0.25, 0.3) is 0 Å². The van der Waals surface area contributed by atoms with Crippen LogP contribution in [0.5, 0.6) is 0 Å². The van der Waals surface area contributed by atoms with Crippen molar-refractivity contribution in [3.8, 4) is 0 Å². The monoisotopic (exact) mass is 233 g/mol. The zero-order valence-corrected chi connectivity index (χ0v) is 10.6. The van der Waals surface area contributed by atoms with Crippen LogP contribution in [0.15, 0.2) is 18.5 Å². The van der Waals surface area contributed by atoms with Crippen molar-refractivity contribution in [2.45, 2.75) is 33.5 Å². The lowest BCUT2D eigenvalue weighted by Gasteiger charge is -2.08. The van der Waals surface area contributed by atoms with E-state index in [1.165, 1.54) is 5.69 Å². The number of rotatable bonds is 5. The topological polar surface area (TPSA) is 47.7 Å². The summed E-state index contributed by atoms with van der Waals surface area (Å²) in [4.78, 5) is 4.34. The molecule has 0 radical (unpaired) electrons. The van der Waals surface area contributed by atoms with Gasteiger partial charge in [0, 0.05) is 18.9 Å². The van der Waals surface area contributed by atoms with E-state index >= 15 is 0 Å². The summed E-state index contributed by atoms with van der Waals surface area (Å²) in [5.74, 6) is 1.05. The van der Waals surface area contributed by atoms with Gasteiger partial charge in [-0.15, -0.1) is 0 Å². The molecule has 0 spiro atoms. The molecule has 0 atom stereocenters. The van der Waals surface area contributed by atoms with Crippen molar-refractivity contribution < 1.29 is 0 Å². The number of nitrogens with zero attached hydrogens (tertiary/aromatic N) is 4. The molecular weight excluding hydrogens is 214 g/mol. The predicted octanol–water partition coefficient (Wildman–Crippen LogP) is 1.18. The van der Waals surface area contributed by atoms with E-state index in [0.29, 0.717) is 0 Å². The van der Waals surface area contributed by atoms with E-state index in [1.807, 2.05) is 31.0 Å². The summed E-state index contributed by atoms with van der Waals surface area (Å²) in [5.41, 5.74) is 2.29. The molecule has 0 aliphatic heterocycles. The molecule has 0 saturated carbocycles. The molecule has 0 unspecified atom stereocenters. The highest BCUT2D eigenvalue weighted by Gasteiger charge is 2.07. The van der Waals surface area contributed by atoms with E-state index in [9.17, 15) is 0 Å². The third kappa shape index (κ3) is 2.55. The molecule has 0 aliphatic carbocycles. The SMILES string of the molecule is CCn1nc(C)cc1Cn1ccnc1CNC. The maximum Gasteiger partial charge on any atom is 0.122 e. The minimum atomic E-state index is 0.784. The number of aryl methyl sites for hydroxylation is 2. The number of hydrogen-bond acceptors (Lipinski definition) is 3. The van der Waals surface area contributed by atoms with Crippen LogP contribution in [-0.4, -0.2) is 26.4 Å². The van der Waals surface area contributed by atoms with E-state index < -0.39 is 0 Å². The normalized spacial score (nSPS) is 11.0. The van der Waals surface area contributed by atoms with Crippen molar-refractivity contribution in [3.63, 3.8) is 0 Å². The molecule has 5 heteroatoms. The molecule has 0 amide bonds. The first-order valence-corrected chi connectivity index (χ1v) is 5.92. The minimum absolute atomic E-state index is 0.784. The molecule has 2 rings (SSSR count). The second kappa shape index (κ2) is 5.14. The van der Waals surface area contributed by atoms with Gasteiger partial charge in [-0.2, -0.15) is 5.10 Å². The van der Waals surface area contributed by atoms with Gasteiger partial charge in [-0.25, -0.2) is 4.98 Å². The number of aromatic nitrogens is 4. The molecule has 2 aromatic heterocycles. The molecule has 0 fully saturated rings. The quantitative estimate of drug-likeness (QED) is 0.843. The summed E-state index contributed by atoms with van der Waals surface area (Å²) in [6.45, 7) is 6.65. The van der Waals surface area contributed by atoms with Gasteiger partial charge in [-0.3, -0.25) is 4.68 Å². The van der Waals surface area contributed by atoms with Crippen molar-refractivity contribution in [1.29, 1.82) is 0 Å². The van der Waals surface area contributed by atoms with Crippen molar-refractivity contribution in [2.24, 2.45) is 0 Å². The van der Waals surface area contributed by atoms with Gasteiger partial charge in [0.05, 0.1) is 24.5 Å². The first-order chi connectivity index (χ1) is 8.24.